The number of para-hydroxylation sites is 1. The van der Waals surface area contributed by atoms with E-state index in [-0.39, 0.29) is 11.8 Å². The van der Waals surface area contributed by atoms with Crippen LogP contribution in [0.1, 0.15) is 38.3 Å². The summed E-state index contributed by atoms with van der Waals surface area (Å²) in [5.41, 5.74) is 8.72. The summed E-state index contributed by atoms with van der Waals surface area (Å²) in [5, 5.41) is 11.9. The van der Waals surface area contributed by atoms with Crippen LogP contribution in [0.5, 0.6) is 0 Å². The molecule has 3 N–H and O–H groups in total. The molecule has 0 unspecified atom stereocenters. The van der Waals surface area contributed by atoms with Crippen LogP contribution in [0.4, 0.5) is 5.69 Å². The molecule has 156 valence electrons. The Morgan fingerprint density at radius 2 is 1.58 bits per heavy atom. The number of nitrogens with two attached hydrogens (primary N) is 1. The van der Waals surface area contributed by atoms with Crippen molar-refractivity contribution >= 4 is 17.5 Å². The lowest BCUT2D eigenvalue weighted by Crippen LogP contribution is -2.33. The van der Waals surface area contributed by atoms with Crippen LogP contribution in [0, 0.1) is 11.3 Å². The Hall–Kier alpha value is -3.95. The number of benzene rings is 3. The fraction of sp³-hybridized carbons (Fsp3) is 0.160. The molecule has 6 heteroatoms. The minimum absolute atomic E-state index is 0.151. The summed E-state index contributed by atoms with van der Waals surface area (Å²) in [4.78, 5) is 27.4. The van der Waals surface area contributed by atoms with Crippen LogP contribution in [0.2, 0.25) is 0 Å². The van der Waals surface area contributed by atoms with Crippen LogP contribution < -0.4 is 11.1 Å². The van der Waals surface area contributed by atoms with Gasteiger partial charge in [-0.2, -0.15) is 5.26 Å². The van der Waals surface area contributed by atoms with Crippen molar-refractivity contribution in [2.75, 3.05) is 18.4 Å². The van der Waals surface area contributed by atoms with Crippen LogP contribution in [0.3, 0.4) is 0 Å². The number of nitriles is 1. The monoisotopic (exact) mass is 412 g/mol. The summed E-state index contributed by atoms with van der Waals surface area (Å²) in [7, 11) is 0. The predicted molar refractivity (Wildman–Crippen MR) is 120 cm³/mol. The second-order valence-electron chi connectivity index (χ2n) is 7.04. The van der Waals surface area contributed by atoms with Crippen molar-refractivity contribution in [1.29, 1.82) is 5.26 Å². The first-order valence-electron chi connectivity index (χ1n) is 10.1. The number of carbonyl (C=O) groups excluding carboxylic acids is 2. The Kier molecular flexibility index (Phi) is 7.52. The molecule has 0 bridgehead atoms. The molecule has 0 radical (unpaired) electrons. The van der Waals surface area contributed by atoms with E-state index in [2.05, 4.69) is 11.4 Å². The lowest BCUT2D eigenvalue weighted by molar-refractivity contribution is 0.0742. The van der Waals surface area contributed by atoms with E-state index in [1.807, 2.05) is 42.5 Å². The molecule has 2 amide bonds. The first-order chi connectivity index (χ1) is 15.1. The van der Waals surface area contributed by atoms with Crippen LogP contribution in [-0.4, -0.2) is 29.8 Å². The zero-order valence-electron chi connectivity index (χ0n) is 17.1. The molecular weight excluding hydrogens is 388 g/mol. The number of nitrogens with zero attached hydrogens (tertiary/aromatic N) is 2. The summed E-state index contributed by atoms with van der Waals surface area (Å²) in [6.07, 6.45) is 0.653. The lowest BCUT2D eigenvalue weighted by atomic mass is 10.1. The topological polar surface area (TPSA) is 99.2 Å². The molecule has 0 atom stereocenters. The van der Waals surface area contributed by atoms with E-state index >= 15 is 0 Å². The number of carbonyl (C=O) groups is 2. The van der Waals surface area contributed by atoms with Crippen molar-refractivity contribution in [2.45, 2.75) is 13.0 Å². The van der Waals surface area contributed by atoms with Crippen LogP contribution >= 0.6 is 0 Å². The average Bonchev–Trinajstić information content (AvgIpc) is 2.83. The highest BCUT2D eigenvalue weighted by atomic mass is 16.2. The number of hydrogen-bond acceptors (Lipinski definition) is 4. The fourth-order valence-corrected chi connectivity index (χ4v) is 3.17. The van der Waals surface area contributed by atoms with Gasteiger partial charge in [0.25, 0.3) is 11.8 Å². The standard InChI is InChI=1S/C25H24N4O2/c26-15-6-16-29(25(31)21-13-11-19(17-27)12-14-21)18-22-9-4-5-10-23(22)28-24(30)20-7-2-1-3-8-20/h1-5,7-14H,6,15-16,18,26H2,(H,28,30). The molecule has 0 aliphatic heterocycles. The minimum atomic E-state index is -0.208. The zero-order chi connectivity index (χ0) is 22.1. The maximum Gasteiger partial charge on any atom is 0.255 e. The third-order valence-corrected chi connectivity index (χ3v) is 4.84. The number of nitrogens with one attached hydrogen (secondary N) is 1. The highest BCUT2D eigenvalue weighted by Gasteiger charge is 2.18. The lowest BCUT2D eigenvalue weighted by Gasteiger charge is -2.24. The number of amides is 2. The zero-order valence-corrected chi connectivity index (χ0v) is 17.1. The molecule has 3 aromatic rings. The molecule has 0 fully saturated rings. The van der Waals surface area contributed by atoms with Gasteiger partial charge in [-0.3, -0.25) is 9.59 Å². The normalized spacial score (nSPS) is 10.2. The second kappa shape index (κ2) is 10.7. The SMILES string of the molecule is N#Cc1ccc(C(=O)N(CCCN)Cc2ccccc2NC(=O)c2ccccc2)cc1. The van der Waals surface area contributed by atoms with Crippen molar-refractivity contribution in [2.24, 2.45) is 5.73 Å². The van der Waals surface area contributed by atoms with Crippen molar-refractivity contribution < 1.29 is 9.59 Å². The number of rotatable bonds is 8. The molecule has 0 saturated carbocycles. The van der Waals surface area contributed by atoms with E-state index in [0.29, 0.717) is 48.4 Å². The molecule has 0 spiro atoms. The van der Waals surface area contributed by atoms with E-state index in [4.69, 9.17) is 11.0 Å². The first kappa shape index (κ1) is 21.8. The molecule has 0 aliphatic carbocycles. The quantitative estimate of drug-likeness (QED) is 0.588. The molecule has 3 rings (SSSR count). The fourth-order valence-electron chi connectivity index (χ4n) is 3.17. The van der Waals surface area contributed by atoms with Gasteiger partial charge in [-0.25, -0.2) is 0 Å². The van der Waals surface area contributed by atoms with Crippen molar-refractivity contribution in [1.82, 2.24) is 4.90 Å². The summed E-state index contributed by atoms with van der Waals surface area (Å²) >= 11 is 0. The van der Waals surface area contributed by atoms with Crippen molar-refractivity contribution in [3.63, 3.8) is 0 Å². The number of anilines is 1. The van der Waals surface area contributed by atoms with Crippen LogP contribution in [-0.2, 0) is 6.54 Å². The van der Waals surface area contributed by atoms with Gasteiger partial charge < -0.3 is 16.0 Å². The Morgan fingerprint density at radius 3 is 2.26 bits per heavy atom. The van der Waals surface area contributed by atoms with Crippen LogP contribution in [0.25, 0.3) is 0 Å². The number of hydrogen-bond donors (Lipinski definition) is 2. The highest BCUT2D eigenvalue weighted by Crippen LogP contribution is 2.20. The third-order valence-electron chi connectivity index (χ3n) is 4.84. The van der Waals surface area contributed by atoms with Gasteiger partial charge in [0.05, 0.1) is 11.6 Å². The molecule has 0 saturated heterocycles. The van der Waals surface area contributed by atoms with Gasteiger partial charge in [-0.15, -0.1) is 0 Å². The van der Waals surface area contributed by atoms with Gasteiger partial charge in [0.1, 0.15) is 0 Å². The van der Waals surface area contributed by atoms with E-state index in [0.717, 1.165) is 5.56 Å². The summed E-state index contributed by atoms with van der Waals surface area (Å²) in [6.45, 7) is 1.27. The summed E-state index contributed by atoms with van der Waals surface area (Å²) in [6, 6.07) is 25.0. The minimum Gasteiger partial charge on any atom is -0.334 e. The average molecular weight is 412 g/mol. The van der Waals surface area contributed by atoms with Gasteiger partial charge in [0.2, 0.25) is 0 Å². The molecule has 0 heterocycles. The summed E-state index contributed by atoms with van der Waals surface area (Å²) in [5.74, 6) is -0.359. The van der Waals surface area contributed by atoms with Gasteiger partial charge >= 0.3 is 0 Å². The smallest absolute Gasteiger partial charge is 0.255 e. The maximum atomic E-state index is 13.1. The van der Waals surface area contributed by atoms with Gasteiger partial charge in [0.15, 0.2) is 0 Å². The van der Waals surface area contributed by atoms with E-state index in [1.165, 1.54) is 0 Å². The Bertz CT molecular complexity index is 1070. The maximum absolute atomic E-state index is 13.1. The van der Waals surface area contributed by atoms with Gasteiger partial charge in [-0.1, -0.05) is 36.4 Å². The predicted octanol–water partition coefficient (Wildman–Crippen LogP) is 3.80. The highest BCUT2D eigenvalue weighted by molar-refractivity contribution is 6.04. The molecular formula is C25H24N4O2. The van der Waals surface area contributed by atoms with Crippen molar-refractivity contribution in [3.8, 4) is 6.07 Å². The Labute approximate surface area is 181 Å². The van der Waals surface area contributed by atoms with E-state index in [1.54, 1.807) is 41.3 Å². The second-order valence-corrected chi connectivity index (χ2v) is 7.04. The summed E-state index contributed by atoms with van der Waals surface area (Å²) < 4.78 is 0. The molecule has 6 nitrogen and oxygen atoms in total. The molecule has 0 aromatic heterocycles. The van der Waals surface area contributed by atoms with Gasteiger partial charge in [0, 0.05) is 29.9 Å². The Morgan fingerprint density at radius 1 is 0.903 bits per heavy atom. The van der Waals surface area contributed by atoms with E-state index < -0.39 is 0 Å². The van der Waals surface area contributed by atoms with Crippen LogP contribution in [0.15, 0.2) is 78.9 Å². The van der Waals surface area contributed by atoms with Crippen molar-refractivity contribution in [3.05, 3.63) is 101 Å². The molecule has 31 heavy (non-hydrogen) atoms. The first-order valence-corrected chi connectivity index (χ1v) is 10.1. The molecule has 3 aromatic carbocycles. The Balaban J connectivity index is 1.82. The van der Waals surface area contributed by atoms with E-state index in [9.17, 15) is 9.59 Å². The largest absolute Gasteiger partial charge is 0.334 e. The molecule has 0 aliphatic rings. The third kappa shape index (κ3) is 5.78. The van der Waals surface area contributed by atoms with Gasteiger partial charge in [-0.05, 0) is 61.0 Å².